The molecule has 1 aliphatic carbocycles. The largest absolute Gasteiger partial charge is 0.393 e. The first-order valence-corrected chi connectivity index (χ1v) is 7.63. The second-order valence-electron chi connectivity index (χ2n) is 6.15. The SMILES string of the molecule is Cc1cc(NC(=O)CN(C)CC2CCCCC2O)n(C)n1. The van der Waals surface area contributed by atoms with Gasteiger partial charge in [-0.1, -0.05) is 12.8 Å². The lowest BCUT2D eigenvalue weighted by molar-refractivity contribution is -0.117. The molecule has 6 heteroatoms. The van der Waals surface area contributed by atoms with Crippen molar-refractivity contribution in [2.24, 2.45) is 13.0 Å². The third-order valence-electron chi connectivity index (χ3n) is 4.10. The number of aliphatic hydroxyl groups is 1. The van der Waals surface area contributed by atoms with Gasteiger partial charge in [0.1, 0.15) is 5.82 Å². The Morgan fingerprint density at radius 3 is 2.86 bits per heavy atom. The maximum absolute atomic E-state index is 12.1. The van der Waals surface area contributed by atoms with Gasteiger partial charge in [0, 0.05) is 19.7 Å². The molecule has 118 valence electrons. The van der Waals surface area contributed by atoms with Gasteiger partial charge >= 0.3 is 0 Å². The molecule has 21 heavy (non-hydrogen) atoms. The van der Waals surface area contributed by atoms with E-state index >= 15 is 0 Å². The van der Waals surface area contributed by atoms with Crippen LogP contribution in [-0.2, 0) is 11.8 Å². The Labute approximate surface area is 126 Å². The number of anilines is 1. The topological polar surface area (TPSA) is 70.4 Å². The van der Waals surface area contributed by atoms with E-state index in [-0.39, 0.29) is 17.9 Å². The standard InChI is InChI=1S/C15H26N4O2/c1-11-8-14(19(3)17-11)16-15(21)10-18(2)9-12-6-4-5-7-13(12)20/h8,12-13,20H,4-7,9-10H2,1-3H3,(H,16,21). The highest BCUT2D eigenvalue weighted by atomic mass is 16.3. The van der Waals surface area contributed by atoms with Crippen molar-refractivity contribution in [3.8, 4) is 0 Å². The van der Waals surface area contributed by atoms with Gasteiger partial charge in [0.05, 0.1) is 18.3 Å². The highest BCUT2D eigenvalue weighted by molar-refractivity contribution is 5.91. The van der Waals surface area contributed by atoms with E-state index in [0.717, 1.165) is 31.5 Å². The van der Waals surface area contributed by atoms with Crippen molar-refractivity contribution in [3.05, 3.63) is 11.8 Å². The van der Waals surface area contributed by atoms with E-state index in [9.17, 15) is 9.90 Å². The van der Waals surface area contributed by atoms with Gasteiger partial charge in [-0.25, -0.2) is 0 Å². The second-order valence-corrected chi connectivity index (χ2v) is 6.15. The van der Waals surface area contributed by atoms with Gasteiger partial charge in [0.15, 0.2) is 0 Å². The minimum absolute atomic E-state index is 0.0502. The summed E-state index contributed by atoms with van der Waals surface area (Å²) in [5.74, 6) is 0.949. The number of likely N-dealkylation sites (N-methyl/N-ethyl adjacent to an activating group) is 1. The number of aromatic nitrogens is 2. The van der Waals surface area contributed by atoms with Crippen molar-refractivity contribution >= 4 is 11.7 Å². The Bertz CT molecular complexity index is 486. The van der Waals surface area contributed by atoms with E-state index in [2.05, 4.69) is 10.4 Å². The summed E-state index contributed by atoms with van der Waals surface area (Å²) in [5.41, 5.74) is 0.881. The van der Waals surface area contributed by atoms with Crippen molar-refractivity contribution in [1.29, 1.82) is 0 Å². The Kier molecular flexibility index (Phi) is 5.36. The highest BCUT2D eigenvalue weighted by Crippen LogP contribution is 2.24. The summed E-state index contributed by atoms with van der Waals surface area (Å²) in [4.78, 5) is 14.0. The fourth-order valence-electron chi connectivity index (χ4n) is 3.02. The van der Waals surface area contributed by atoms with Gasteiger partial charge in [0.25, 0.3) is 0 Å². The van der Waals surface area contributed by atoms with Crippen LogP contribution in [0.5, 0.6) is 0 Å². The first-order chi connectivity index (χ1) is 9.95. The zero-order chi connectivity index (χ0) is 15.4. The van der Waals surface area contributed by atoms with Gasteiger partial charge in [0.2, 0.25) is 5.91 Å². The van der Waals surface area contributed by atoms with Gasteiger partial charge < -0.3 is 10.4 Å². The molecule has 1 fully saturated rings. The van der Waals surface area contributed by atoms with Crippen LogP contribution in [-0.4, -0.2) is 51.9 Å². The molecule has 1 aromatic rings. The lowest BCUT2D eigenvalue weighted by atomic mass is 9.86. The molecule has 1 aliphatic rings. The molecule has 0 aromatic carbocycles. The van der Waals surface area contributed by atoms with Crippen LogP contribution >= 0.6 is 0 Å². The summed E-state index contributed by atoms with van der Waals surface area (Å²) in [6.07, 6.45) is 4.01. The summed E-state index contributed by atoms with van der Waals surface area (Å²) in [5, 5.41) is 17.1. The normalized spacial score (nSPS) is 22.5. The second kappa shape index (κ2) is 7.04. The summed E-state index contributed by atoms with van der Waals surface area (Å²) < 4.78 is 1.66. The van der Waals surface area contributed by atoms with Gasteiger partial charge in [-0.3, -0.25) is 14.4 Å². The maximum atomic E-state index is 12.1. The first-order valence-electron chi connectivity index (χ1n) is 7.63. The van der Waals surface area contributed by atoms with Crippen LogP contribution < -0.4 is 5.32 Å². The van der Waals surface area contributed by atoms with Gasteiger partial charge in [-0.2, -0.15) is 5.10 Å². The van der Waals surface area contributed by atoms with E-state index in [0.29, 0.717) is 12.4 Å². The molecule has 0 spiro atoms. The molecule has 0 bridgehead atoms. The van der Waals surface area contributed by atoms with E-state index in [1.807, 2.05) is 32.0 Å². The zero-order valence-electron chi connectivity index (χ0n) is 13.2. The Morgan fingerprint density at radius 2 is 2.24 bits per heavy atom. The lowest BCUT2D eigenvalue weighted by Gasteiger charge is -2.30. The first kappa shape index (κ1) is 16.0. The summed E-state index contributed by atoms with van der Waals surface area (Å²) in [6.45, 7) is 2.98. The van der Waals surface area contributed by atoms with Crippen LogP contribution in [0.4, 0.5) is 5.82 Å². The fourth-order valence-corrected chi connectivity index (χ4v) is 3.02. The fraction of sp³-hybridized carbons (Fsp3) is 0.733. The van der Waals surface area contributed by atoms with Crippen molar-refractivity contribution in [3.63, 3.8) is 0 Å². The van der Waals surface area contributed by atoms with Crippen LogP contribution in [0.25, 0.3) is 0 Å². The Balaban J connectivity index is 1.80. The molecule has 2 atom stereocenters. The molecule has 1 heterocycles. The Morgan fingerprint density at radius 1 is 1.52 bits per heavy atom. The van der Waals surface area contributed by atoms with Crippen molar-refractivity contribution in [2.45, 2.75) is 38.7 Å². The van der Waals surface area contributed by atoms with Crippen LogP contribution in [0.15, 0.2) is 6.07 Å². The lowest BCUT2D eigenvalue weighted by Crippen LogP contribution is -2.38. The number of nitrogens with one attached hydrogen (secondary N) is 1. The number of hydrogen-bond acceptors (Lipinski definition) is 4. The van der Waals surface area contributed by atoms with Crippen molar-refractivity contribution < 1.29 is 9.90 Å². The molecule has 1 aromatic heterocycles. The third kappa shape index (κ3) is 4.54. The van der Waals surface area contributed by atoms with E-state index in [4.69, 9.17) is 0 Å². The minimum atomic E-state index is -0.219. The number of nitrogens with zero attached hydrogens (tertiary/aromatic N) is 3. The number of carbonyl (C=O) groups is 1. The van der Waals surface area contributed by atoms with Crippen LogP contribution in [0.3, 0.4) is 0 Å². The molecule has 1 saturated carbocycles. The smallest absolute Gasteiger partial charge is 0.239 e. The number of aliphatic hydroxyl groups excluding tert-OH is 1. The average molecular weight is 294 g/mol. The van der Waals surface area contributed by atoms with Gasteiger partial charge in [-0.05, 0) is 32.7 Å². The van der Waals surface area contributed by atoms with Crippen molar-refractivity contribution in [2.75, 3.05) is 25.5 Å². The van der Waals surface area contributed by atoms with E-state index < -0.39 is 0 Å². The molecular weight excluding hydrogens is 268 g/mol. The third-order valence-corrected chi connectivity index (χ3v) is 4.10. The molecule has 2 unspecified atom stereocenters. The number of rotatable bonds is 5. The summed E-state index contributed by atoms with van der Waals surface area (Å²) >= 11 is 0. The predicted octanol–water partition coefficient (Wildman–Crippen LogP) is 1.15. The van der Waals surface area contributed by atoms with Crippen LogP contribution in [0.1, 0.15) is 31.4 Å². The summed E-state index contributed by atoms with van der Waals surface area (Å²) in [6, 6.07) is 1.85. The monoisotopic (exact) mass is 294 g/mol. The van der Waals surface area contributed by atoms with Gasteiger partial charge in [-0.15, -0.1) is 0 Å². The minimum Gasteiger partial charge on any atom is -0.393 e. The highest BCUT2D eigenvalue weighted by Gasteiger charge is 2.24. The maximum Gasteiger partial charge on any atom is 0.239 e. The molecular formula is C15H26N4O2. The number of aryl methyl sites for hydroxylation is 2. The van der Waals surface area contributed by atoms with Crippen LogP contribution in [0.2, 0.25) is 0 Å². The Hall–Kier alpha value is -1.40. The molecule has 2 rings (SSSR count). The molecule has 2 N–H and O–H groups in total. The average Bonchev–Trinajstić information content (AvgIpc) is 2.70. The number of amides is 1. The van der Waals surface area contributed by atoms with E-state index in [1.165, 1.54) is 6.42 Å². The molecule has 0 saturated heterocycles. The van der Waals surface area contributed by atoms with Crippen LogP contribution in [0, 0.1) is 12.8 Å². The number of carbonyl (C=O) groups excluding carboxylic acids is 1. The molecule has 1 amide bonds. The summed E-state index contributed by atoms with van der Waals surface area (Å²) in [7, 11) is 3.74. The molecule has 0 radical (unpaired) electrons. The predicted molar refractivity (Wildman–Crippen MR) is 82.0 cm³/mol. The molecule has 0 aliphatic heterocycles. The van der Waals surface area contributed by atoms with Crippen molar-refractivity contribution in [1.82, 2.24) is 14.7 Å². The van der Waals surface area contributed by atoms with E-state index in [1.54, 1.807) is 4.68 Å². The molecule has 6 nitrogen and oxygen atoms in total. The zero-order valence-corrected chi connectivity index (χ0v) is 13.2. The number of hydrogen-bond donors (Lipinski definition) is 2. The quantitative estimate of drug-likeness (QED) is 0.854.